The molecule has 0 fully saturated rings. The first-order valence-electron chi connectivity index (χ1n) is 4.97. The van der Waals surface area contributed by atoms with Crippen LogP contribution in [-0.2, 0) is 0 Å². The van der Waals surface area contributed by atoms with Crippen molar-refractivity contribution in [2.24, 2.45) is 0 Å². The fraction of sp³-hybridized carbons (Fsp3) is 0.364. The average Bonchev–Trinajstić information content (AvgIpc) is 2.73. The molecule has 3 nitrogen and oxygen atoms in total. The van der Waals surface area contributed by atoms with E-state index in [0.717, 1.165) is 34.5 Å². The summed E-state index contributed by atoms with van der Waals surface area (Å²) in [5.74, 6) is 1.86. The standard InChI is InChI=1S/C11H14N2OS/c1-4-12-11-13-10(6-15-11)9-5-7(2)14-8(9)3/h5-6H,4H2,1-3H3,(H,12,13). The number of furan rings is 1. The van der Waals surface area contributed by atoms with Crippen LogP contribution in [0.1, 0.15) is 18.4 Å². The summed E-state index contributed by atoms with van der Waals surface area (Å²) in [6.45, 7) is 6.88. The van der Waals surface area contributed by atoms with E-state index in [4.69, 9.17) is 4.42 Å². The molecule has 1 N–H and O–H groups in total. The van der Waals surface area contributed by atoms with Gasteiger partial charge in [0.15, 0.2) is 5.13 Å². The fourth-order valence-electron chi connectivity index (χ4n) is 1.51. The van der Waals surface area contributed by atoms with E-state index >= 15 is 0 Å². The molecule has 0 unspecified atom stereocenters. The molecule has 0 atom stereocenters. The summed E-state index contributed by atoms with van der Waals surface area (Å²) in [4.78, 5) is 4.49. The van der Waals surface area contributed by atoms with Crippen LogP contribution in [0.3, 0.4) is 0 Å². The molecule has 0 saturated heterocycles. The summed E-state index contributed by atoms with van der Waals surface area (Å²) in [6, 6.07) is 2.03. The van der Waals surface area contributed by atoms with Crippen molar-refractivity contribution in [3.05, 3.63) is 23.0 Å². The lowest BCUT2D eigenvalue weighted by Gasteiger charge is -1.94. The molecular formula is C11H14N2OS. The van der Waals surface area contributed by atoms with Crippen molar-refractivity contribution in [2.75, 3.05) is 11.9 Å². The monoisotopic (exact) mass is 222 g/mol. The van der Waals surface area contributed by atoms with E-state index in [-0.39, 0.29) is 0 Å². The van der Waals surface area contributed by atoms with E-state index in [9.17, 15) is 0 Å². The van der Waals surface area contributed by atoms with Crippen LogP contribution < -0.4 is 5.32 Å². The van der Waals surface area contributed by atoms with E-state index in [1.165, 1.54) is 0 Å². The molecule has 2 aromatic rings. The maximum absolute atomic E-state index is 5.48. The molecule has 0 saturated carbocycles. The van der Waals surface area contributed by atoms with Crippen molar-refractivity contribution in [2.45, 2.75) is 20.8 Å². The van der Waals surface area contributed by atoms with Gasteiger partial charge in [0, 0.05) is 17.5 Å². The van der Waals surface area contributed by atoms with E-state index in [1.807, 2.05) is 19.9 Å². The van der Waals surface area contributed by atoms with Gasteiger partial charge in [-0.3, -0.25) is 0 Å². The van der Waals surface area contributed by atoms with Crippen molar-refractivity contribution in [1.29, 1.82) is 0 Å². The van der Waals surface area contributed by atoms with Gasteiger partial charge in [0.2, 0.25) is 0 Å². The molecule has 0 aliphatic rings. The third kappa shape index (κ3) is 2.04. The first kappa shape index (κ1) is 10.2. The molecule has 2 rings (SSSR count). The second-order valence-electron chi connectivity index (χ2n) is 3.40. The van der Waals surface area contributed by atoms with Gasteiger partial charge in [0.25, 0.3) is 0 Å². The number of thiazole rings is 1. The second-order valence-corrected chi connectivity index (χ2v) is 4.25. The number of anilines is 1. The molecule has 0 spiro atoms. The topological polar surface area (TPSA) is 38.1 Å². The molecule has 15 heavy (non-hydrogen) atoms. The van der Waals surface area contributed by atoms with E-state index in [1.54, 1.807) is 11.3 Å². The zero-order valence-corrected chi connectivity index (χ0v) is 9.94. The fourth-order valence-corrected chi connectivity index (χ4v) is 2.30. The number of rotatable bonds is 3. The Bertz CT molecular complexity index is 459. The highest BCUT2D eigenvalue weighted by Gasteiger charge is 2.10. The molecule has 0 aromatic carbocycles. The number of nitrogens with zero attached hydrogens (tertiary/aromatic N) is 1. The SMILES string of the molecule is CCNc1nc(-c2cc(C)oc2C)cs1. The lowest BCUT2D eigenvalue weighted by Crippen LogP contribution is -1.94. The quantitative estimate of drug-likeness (QED) is 0.864. The third-order valence-electron chi connectivity index (χ3n) is 2.15. The van der Waals surface area contributed by atoms with Gasteiger partial charge in [-0.15, -0.1) is 11.3 Å². The number of hydrogen-bond donors (Lipinski definition) is 1. The largest absolute Gasteiger partial charge is 0.466 e. The maximum Gasteiger partial charge on any atom is 0.183 e. The molecule has 0 aliphatic heterocycles. The van der Waals surface area contributed by atoms with Crippen molar-refractivity contribution in [1.82, 2.24) is 4.98 Å². The van der Waals surface area contributed by atoms with Gasteiger partial charge >= 0.3 is 0 Å². The first-order chi connectivity index (χ1) is 7.20. The Labute approximate surface area is 93.2 Å². The molecule has 80 valence electrons. The number of nitrogens with one attached hydrogen (secondary N) is 1. The average molecular weight is 222 g/mol. The van der Waals surface area contributed by atoms with Crippen molar-refractivity contribution in [3.8, 4) is 11.3 Å². The molecule has 4 heteroatoms. The molecule has 0 amide bonds. The normalized spacial score (nSPS) is 10.6. The zero-order valence-electron chi connectivity index (χ0n) is 9.13. The Morgan fingerprint density at radius 2 is 2.27 bits per heavy atom. The highest BCUT2D eigenvalue weighted by atomic mass is 32.1. The summed E-state index contributed by atoms with van der Waals surface area (Å²) < 4.78 is 5.48. The van der Waals surface area contributed by atoms with Crippen LogP contribution in [-0.4, -0.2) is 11.5 Å². The Balaban J connectivity index is 2.32. The van der Waals surface area contributed by atoms with Crippen molar-refractivity contribution in [3.63, 3.8) is 0 Å². The predicted molar refractivity (Wildman–Crippen MR) is 63.5 cm³/mol. The molecular weight excluding hydrogens is 208 g/mol. The number of aryl methyl sites for hydroxylation is 2. The Morgan fingerprint density at radius 1 is 1.47 bits per heavy atom. The van der Waals surface area contributed by atoms with Crippen LogP contribution in [0.25, 0.3) is 11.3 Å². The minimum atomic E-state index is 0.899. The third-order valence-corrected chi connectivity index (χ3v) is 2.95. The smallest absolute Gasteiger partial charge is 0.183 e. The summed E-state index contributed by atoms with van der Waals surface area (Å²) in [7, 11) is 0. The first-order valence-corrected chi connectivity index (χ1v) is 5.85. The maximum atomic E-state index is 5.48. The lowest BCUT2D eigenvalue weighted by molar-refractivity contribution is 0.505. The van der Waals surface area contributed by atoms with Crippen LogP contribution in [0.15, 0.2) is 15.9 Å². The summed E-state index contributed by atoms with van der Waals surface area (Å²) in [5, 5.41) is 6.22. The number of aromatic nitrogens is 1. The zero-order chi connectivity index (χ0) is 10.8. The summed E-state index contributed by atoms with van der Waals surface area (Å²) in [6.07, 6.45) is 0. The molecule has 2 aromatic heterocycles. The second kappa shape index (κ2) is 4.06. The van der Waals surface area contributed by atoms with Gasteiger partial charge in [0.05, 0.1) is 5.69 Å². The van der Waals surface area contributed by atoms with Gasteiger partial charge in [-0.1, -0.05) is 0 Å². The Kier molecular flexibility index (Phi) is 2.77. The lowest BCUT2D eigenvalue weighted by atomic mass is 10.2. The number of hydrogen-bond acceptors (Lipinski definition) is 4. The van der Waals surface area contributed by atoms with E-state index in [0.29, 0.717) is 0 Å². The highest BCUT2D eigenvalue weighted by molar-refractivity contribution is 7.14. The molecule has 0 aliphatic carbocycles. The molecule has 0 radical (unpaired) electrons. The van der Waals surface area contributed by atoms with E-state index < -0.39 is 0 Å². The Morgan fingerprint density at radius 3 is 2.87 bits per heavy atom. The van der Waals surface area contributed by atoms with Crippen LogP contribution in [0.2, 0.25) is 0 Å². The van der Waals surface area contributed by atoms with Gasteiger partial charge in [-0.25, -0.2) is 4.98 Å². The van der Waals surface area contributed by atoms with Crippen LogP contribution in [0.4, 0.5) is 5.13 Å². The van der Waals surface area contributed by atoms with Crippen molar-refractivity contribution >= 4 is 16.5 Å². The summed E-state index contributed by atoms with van der Waals surface area (Å²) in [5.41, 5.74) is 2.08. The van der Waals surface area contributed by atoms with Crippen LogP contribution in [0, 0.1) is 13.8 Å². The Hall–Kier alpha value is -1.29. The van der Waals surface area contributed by atoms with Crippen molar-refractivity contribution < 1.29 is 4.42 Å². The van der Waals surface area contributed by atoms with Crippen LogP contribution >= 0.6 is 11.3 Å². The highest BCUT2D eigenvalue weighted by Crippen LogP contribution is 2.29. The van der Waals surface area contributed by atoms with Gasteiger partial charge in [-0.2, -0.15) is 0 Å². The minimum absolute atomic E-state index is 0.899. The van der Waals surface area contributed by atoms with E-state index in [2.05, 4.69) is 22.6 Å². The predicted octanol–water partition coefficient (Wildman–Crippen LogP) is 3.45. The van der Waals surface area contributed by atoms with Gasteiger partial charge in [0.1, 0.15) is 11.5 Å². The summed E-state index contributed by atoms with van der Waals surface area (Å²) >= 11 is 1.62. The van der Waals surface area contributed by atoms with Gasteiger partial charge in [-0.05, 0) is 26.8 Å². The molecule has 2 heterocycles. The molecule has 0 bridgehead atoms. The van der Waals surface area contributed by atoms with Crippen LogP contribution in [0.5, 0.6) is 0 Å². The van der Waals surface area contributed by atoms with Gasteiger partial charge < -0.3 is 9.73 Å². The minimum Gasteiger partial charge on any atom is -0.466 e.